The lowest BCUT2D eigenvalue weighted by Crippen LogP contribution is -2.33. The number of alkyl halides is 3. The molecular weight excluding hydrogens is 463 g/mol. The number of carbonyl (C=O) groups is 2. The highest BCUT2D eigenvalue weighted by atomic mass is 19.4. The normalized spacial score (nSPS) is 11.2. The van der Waals surface area contributed by atoms with Gasteiger partial charge in [-0.2, -0.15) is 13.2 Å². The van der Waals surface area contributed by atoms with Crippen molar-refractivity contribution in [2.24, 2.45) is 0 Å². The number of nitrogens with one attached hydrogen (secondary N) is 1. The van der Waals surface area contributed by atoms with E-state index in [2.05, 4.69) is 5.32 Å². The lowest BCUT2D eigenvalue weighted by Gasteiger charge is -2.15. The van der Waals surface area contributed by atoms with Crippen LogP contribution in [0.3, 0.4) is 0 Å². The van der Waals surface area contributed by atoms with Crippen LogP contribution >= 0.6 is 0 Å². The summed E-state index contributed by atoms with van der Waals surface area (Å²) in [5.74, 6) is -3.21. The summed E-state index contributed by atoms with van der Waals surface area (Å²) in [7, 11) is 2.66. The number of aliphatic carboxylic acids is 1. The molecular formula is C22H18F3NO8. The maximum Gasteiger partial charge on any atom is 0.450 e. The first-order chi connectivity index (χ1) is 16.0. The molecule has 180 valence electrons. The number of fused-ring (bicyclic) bond motifs is 1. The fraction of sp³-hybridized carbons (Fsp3) is 0.227. The number of methoxy groups -OCH3 is 2. The molecule has 0 fully saturated rings. The van der Waals surface area contributed by atoms with Crippen LogP contribution in [0.25, 0.3) is 22.1 Å². The number of hydrogen-bond donors (Lipinski definition) is 2. The predicted octanol–water partition coefficient (Wildman–Crippen LogP) is 3.08. The average Bonchev–Trinajstić information content (AvgIpc) is 2.80. The standard InChI is InChI=1S/C22H18F3NO8/c1-31-14-6-3-11(7-16(14)32-2)19-20(30)13-5-4-12(33-10-17(27)26-9-18(28)29)8-15(13)34-21(19)22(23,24)25/h3-8H,9-10H2,1-2H3,(H,26,27)(H,28,29). The molecule has 1 amide bonds. The van der Waals surface area contributed by atoms with Crippen LogP contribution in [0.2, 0.25) is 0 Å². The van der Waals surface area contributed by atoms with Gasteiger partial charge in [-0.25, -0.2) is 0 Å². The van der Waals surface area contributed by atoms with Gasteiger partial charge in [0.05, 0.1) is 25.2 Å². The van der Waals surface area contributed by atoms with Crippen molar-refractivity contribution in [3.8, 4) is 28.4 Å². The van der Waals surface area contributed by atoms with Crippen molar-refractivity contribution in [2.75, 3.05) is 27.4 Å². The Morgan fingerprint density at radius 3 is 2.38 bits per heavy atom. The maximum absolute atomic E-state index is 13.9. The van der Waals surface area contributed by atoms with Crippen LogP contribution < -0.4 is 25.0 Å². The molecule has 0 radical (unpaired) electrons. The number of benzene rings is 2. The highest BCUT2D eigenvalue weighted by Crippen LogP contribution is 2.40. The molecule has 12 heteroatoms. The highest BCUT2D eigenvalue weighted by Gasteiger charge is 2.39. The molecule has 0 saturated carbocycles. The number of carboxylic acid groups (broad SMARTS) is 1. The Kier molecular flexibility index (Phi) is 6.99. The quantitative estimate of drug-likeness (QED) is 0.503. The molecule has 0 aliphatic rings. The van der Waals surface area contributed by atoms with Gasteiger partial charge in [0.2, 0.25) is 11.2 Å². The molecule has 2 aromatic carbocycles. The molecule has 3 aromatic rings. The third-order valence-electron chi connectivity index (χ3n) is 4.60. The van der Waals surface area contributed by atoms with E-state index in [9.17, 15) is 27.6 Å². The Hall–Kier alpha value is -4.22. The molecule has 1 heterocycles. The molecule has 0 aliphatic heterocycles. The molecule has 0 aliphatic carbocycles. The lowest BCUT2D eigenvalue weighted by atomic mass is 10.0. The first-order valence-corrected chi connectivity index (χ1v) is 9.57. The number of halogens is 3. The van der Waals surface area contributed by atoms with E-state index >= 15 is 0 Å². The van der Waals surface area contributed by atoms with Crippen molar-refractivity contribution in [1.82, 2.24) is 5.32 Å². The summed E-state index contributed by atoms with van der Waals surface area (Å²) in [6.07, 6.45) is -5.01. The first kappa shape index (κ1) is 24.4. The van der Waals surface area contributed by atoms with E-state index in [0.717, 1.165) is 6.07 Å². The second-order valence-corrected chi connectivity index (χ2v) is 6.82. The molecule has 0 atom stereocenters. The fourth-order valence-corrected chi connectivity index (χ4v) is 3.09. The van der Waals surface area contributed by atoms with E-state index in [1.165, 1.54) is 44.6 Å². The van der Waals surface area contributed by atoms with Crippen LogP contribution in [0.15, 0.2) is 45.6 Å². The van der Waals surface area contributed by atoms with Gasteiger partial charge < -0.3 is 29.1 Å². The smallest absolute Gasteiger partial charge is 0.450 e. The van der Waals surface area contributed by atoms with Crippen LogP contribution in [0.1, 0.15) is 5.76 Å². The van der Waals surface area contributed by atoms with Crippen molar-refractivity contribution in [1.29, 1.82) is 0 Å². The zero-order valence-corrected chi connectivity index (χ0v) is 17.8. The second kappa shape index (κ2) is 9.73. The zero-order valence-electron chi connectivity index (χ0n) is 17.8. The Labute approximate surface area is 189 Å². The van der Waals surface area contributed by atoms with Gasteiger partial charge in [0, 0.05) is 6.07 Å². The number of amides is 1. The van der Waals surface area contributed by atoms with Crippen LogP contribution in [0.4, 0.5) is 13.2 Å². The second-order valence-electron chi connectivity index (χ2n) is 6.82. The minimum Gasteiger partial charge on any atom is -0.493 e. The molecule has 2 N–H and O–H groups in total. The molecule has 3 rings (SSSR count). The van der Waals surface area contributed by atoms with E-state index < -0.39 is 53.5 Å². The third kappa shape index (κ3) is 5.22. The molecule has 0 spiro atoms. The number of carbonyl (C=O) groups excluding carboxylic acids is 1. The largest absolute Gasteiger partial charge is 0.493 e. The fourth-order valence-electron chi connectivity index (χ4n) is 3.09. The van der Waals surface area contributed by atoms with Crippen molar-refractivity contribution in [2.45, 2.75) is 6.18 Å². The number of rotatable bonds is 8. The lowest BCUT2D eigenvalue weighted by molar-refractivity contribution is -0.152. The van der Waals surface area contributed by atoms with E-state index in [1.807, 2.05) is 0 Å². The van der Waals surface area contributed by atoms with Crippen molar-refractivity contribution < 1.29 is 46.5 Å². The Morgan fingerprint density at radius 1 is 1.06 bits per heavy atom. The molecule has 34 heavy (non-hydrogen) atoms. The maximum atomic E-state index is 13.9. The molecule has 1 aromatic heterocycles. The van der Waals surface area contributed by atoms with Crippen LogP contribution in [-0.4, -0.2) is 44.4 Å². The van der Waals surface area contributed by atoms with Gasteiger partial charge in [-0.15, -0.1) is 0 Å². The summed E-state index contributed by atoms with van der Waals surface area (Å²) in [4.78, 5) is 35.1. The summed E-state index contributed by atoms with van der Waals surface area (Å²) in [5, 5.41) is 10.5. The average molecular weight is 481 g/mol. The summed E-state index contributed by atoms with van der Waals surface area (Å²) >= 11 is 0. The van der Waals surface area contributed by atoms with Gasteiger partial charge in [0.1, 0.15) is 17.9 Å². The van der Waals surface area contributed by atoms with Crippen LogP contribution in [-0.2, 0) is 15.8 Å². The van der Waals surface area contributed by atoms with E-state index in [0.29, 0.717) is 0 Å². The summed E-state index contributed by atoms with van der Waals surface area (Å²) < 4.78 is 62.0. The summed E-state index contributed by atoms with van der Waals surface area (Å²) in [5.41, 5.74) is -2.14. The van der Waals surface area contributed by atoms with Crippen molar-refractivity contribution in [3.05, 3.63) is 52.4 Å². The number of carboxylic acids is 1. The van der Waals surface area contributed by atoms with Gasteiger partial charge >= 0.3 is 12.1 Å². The van der Waals surface area contributed by atoms with E-state index in [-0.39, 0.29) is 28.2 Å². The number of ether oxygens (including phenoxy) is 3. The predicted molar refractivity (Wildman–Crippen MR) is 112 cm³/mol. The molecule has 9 nitrogen and oxygen atoms in total. The Morgan fingerprint density at radius 2 is 1.76 bits per heavy atom. The Bertz CT molecular complexity index is 1300. The summed E-state index contributed by atoms with van der Waals surface area (Å²) in [6, 6.07) is 7.39. The van der Waals surface area contributed by atoms with Gasteiger partial charge in [-0.05, 0) is 29.8 Å². The van der Waals surface area contributed by atoms with Gasteiger partial charge in [0.15, 0.2) is 18.1 Å². The van der Waals surface area contributed by atoms with E-state index in [4.69, 9.17) is 23.7 Å². The van der Waals surface area contributed by atoms with Crippen LogP contribution in [0, 0.1) is 0 Å². The van der Waals surface area contributed by atoms with Gasteiger partial charge in [-0.3, -0.25) is 14.4 Å². The van der Waals surface area contributed by atoms with Gasteiger partial charge in [0.25, 0.3) is 5.91 Å². The topological polar surface area (TPSA) is 124 Å². The molecule has 0 unspecified atom stereocenters. The first-order valence-electron chi connectivity index (χ1n) is 9.57. The minimum atomic E-state index is -5.01. The van der Waals surface area contributed by atoms with E-state index in [1.54, 1.807) is 0 Å². The SMILES string of the molecule is COc1ccc(-c2c(C(F)(F)F)oc3cc(OCC(=O)NCC(=O)O)ccc3c2=O)cc1OC. The molecule has 0 saturated heterocycles. The zero-order chi connectivity index (χ0) is 25.0. The number of hydrogen-bond acceptors (Lipinski definition) is 7. The third-order valence-corrected chi connectivity index (χ3v) is 4.60. The monoisotopic (exact) mass is 481 g/mol. The van der Waals surface area contributed by atoms with Crippen molar-refractivity contribution in [3.63, 3.8) is 0 Å². The Balaban J connectivity index is 2.06. The minimum absolute atomic E-state index is 0.0619. The van der Waals surface area contributed by atoms with Crippen LogP contribution in [0.5, 0.6) is 17.2 Å². The highest BCUT2D eigenvalue weighted by molar-refractivity contribution is 5.85. The molecule has 0 bridgehead atoms. The summed E-state index contributed by atoms with van der Waals surface area (Å²) in [6.45, 7) is -1.22. The van der Waals surface area contributed by atoms with Gasteiger partial charge in [-0.1, -0.05) is 6.07 Å². The van der Waals surface area contributed by atoms with Crippen molar-refractivity contribution >= 4 is 22.8 Å².